The summed E-state index contributed by atoms with van der Waals surface area (Å²) >= 11 is 6.08. The molecule has 1 heterocycles. The van der Waals surface area contributed by atoms with Crippen molar-refractivity contribution >= 4 is 17.5 Å². The number of rotatable bonds is 3. The first-order valence-corrected chi connectivity index (χ1v) is 5.80. The van der Waals surface area contributed by atoms with Gasteiger partial charge in [-0.3, -0.25) is 4.79 Å². The Hall–Kier alpha value is -1.85. The summed E-state index contributed by atoms with van der Waals surface area (Å²) in [5, 5.41) is 7.27. The lowest BCUT2D eigenvalue weighted by Gasteiger charge is -2.05. The molecule has 0 aliphatic rings. The van der Waals surface area contributed by atoms with E-state index < -0.39 is 0 Å². The number of nitrogens with zero attached hydrogens (tertiary/aromatic N) is 2. The van der Waals surface area contributed by atoms with Crippen molar-refractivity contribution in [2.75, 3.05) is 7.05 Å². The summed E-state index contributed by atoms with van der Waals surface area (Å²) in [6.07, 6.45) is 1.71. The molecule has 1 aromatic heterocycles. The van der Waals surface area contributed by atoms with Crippen LogP contribution in [0.1, 0.15) is 16.1 Å². The first-order chi connectivity index (χ1) is 8.65. The van der Waals surface area contributed by atoms with Gasteiger partial charge < -0.3 is 11.1 Å². The average molecular weight is 265 g/mol. The maximum Gasteiger partial charge on any atom is 0.271 e. The maximum absolute atomic E-state index is 11.4. The minimum absolute atomic E-state index is 0.224. The van der Waals surface area contributed by atoms with Crippen LogP contribution in [0.4, 0.5) is 0 Å². The van der Waals surface area contributed by atoms with Crippen LogP contribution in [-0.2, 0) is 6.54 Å². The molecule has 0 unspecified atom stereocenters. The fourth-order valence-electron chi connectivity index (χ4n) is 1.56. The average Bonchev–Trinajstić information content (AvgIpc) is 2.87. The molecule has 5 nitrogen and oxygen atoms in total. The first-order valence-electron chi connectivity index (χ1n) is 5.42. The zero-order valence-electron chi connectivity index (χ0n) is 9.85. The summed E-state index contributed by atoms with van der Waals surface area (Å²) in [5.41, 5.74) is 7.56. The van der Waals surface area contributed by atoms with Gasteiger partial charge in [-0.25, -0.2) is 4.68 Å². The van der Waals surface area contributed by atoms with E-state index in [0.717, 1.165) is 11.3 Å². The Kier molecular flexibility index (Phi) is 3.64. The fourth-order valence-corrected chi connectivity index (χ4v) is 1.81. The van der Waals surface area contributed by atoms with Crippen LogP contribution in [0.2, 0.25) is 5.02 Å². The van der Waals surface area contributed by atoms with Crippen LogP contribution < -0.4 is 11.1 Å². The molecular weight excluding hydrogens is 252 g/mol. The normalized spacial score (nSPS) is 10.4. The number of aromatic nitrogens is 2. The molecule has 0 radical (unpaired) electrons. The zero-order chi connectivity index (χ0) is 13.1. The Morgan fingerprint density at radius 2 is 2.28 bits per heavy atom. The smallest absolute Gasteiger partial charge is 0.271 e. The lowest BCUT2D eigenvalue weighted by molar-refractivity contribution is 0.0958. The third-order valence-electron chi connectivity index (χ3n) is 2.57. The number of carbonyl (C=O) groups is 1. The van der Waals surface area contributed by atoms with Crippen LogP contribution in [0, 0.1) is 0 Å². The molecule has 1 aromatic carbocycles. The van der Waals surface area contributed by atoms with E-state index in [1.807, 2.05) is 12.1 Å². The summed E-state index contributed by atoms with van der Waals surface area (Å²) < 4.78 is 1.59. The van der Waals surface area contributed by atoms with Crippen LogP contribution in [0.25, 0.3) is 5.69 Å². The van der Waals surface area contributed by atoms with Crippen LogP contribution in [0.3, 0.4) is 0 Å². The predicted molar refractivity (Wildman–Crippen MR) is 69.9 cm³/mol. The number of hydrogen-bond donors (Lipinski definition) is 2. The molecule has 0 atom stereocenters. The molecule has 2 aromatic rings. The van der Waals surface area contributed by atoms with Crippen molar-refractivity contribution in [3.05, 3.63) is 46.7 Å². The van der Waals surface area contributed by atoms with Gasteiger partial charge in [0.15, 0.2) is 5.69 Å². The van der Waals surface area contributed by atoms with Gasteiger partial charge in [-0.15, -0.1) is 0 Å². The summed E-state index contributed by atoms with van der Waals surface area (Å²) in [6, 6.07) is 7.11. The fraction of sp³-hybridized carbons (Fsp3) is 0.167. The SMILES string of the molecule is CNC(=O)c1ccn(-c2ccc(CN)c(Cl)c2)n1. The second-order valence-corrected chi connectivity index (χ2v) is 4.11. The van der Waals surface area contributed by atoms with Crippen molar-refractivity contribution in [2.24, 2.45) is 5.73 Å². The van der Waals surface area contributed by atoms with Crippen LogP contribution in [0.15, 0.2) is 30.5 Å². The third-order valence-corrected chi connectivity index (χ3v) is 2.92. The molecule has 2 rings (SSSR count). The highest BCUT2D eigenvalue weighted by molar-refractivity contribution is 6.31. The van der Waals surface area contributed by atoms with E-state index in [-0.39, 0.29) is 5.91 Å². The number of halogens is 1. The molecule has 18 heavy (non-hydrogen) atoms. The van der Waals surface area contributed by atoms with E-state index in [1.165, 1.54) is 0 Å². The number of benzene rings is 1. The second kappa shape index (κ2) is 5.20. The predicted octanol–water partition coefficient (Wildman–Crippen LogP) is 1.34. The largest absolute Gasteiger partial charge is 0.354 e. The number of hydrogen-bond acceptors (Lipinski definition) is 3. The molecule has 0 bridgehead atoms. The molecule has 94 valence electrons. The van der Waals surface area contributed by atoms with Crippen LogP contribution in [0.5, 0.6) is 0 Å². The molecule has 1 amide bonds. The summed E-state index contributed by atoms with van der Waals surface area (Å²) in [7, 11) is 1.56. The summed E-state index contributed by atoms with van der Waals surface area (Å²) in [6.45, 7) is 0.391. The van der Waals surface area contributed by atoms with Gasteiger partial charge in [0.2, 0.25) is 0 Å². The molecule has 0 saturated carbocycles. The Balaban J connectivity index is 2.34. The molecule has 0 aliphatic carbocycles. The summed E-state index contributed by atoms with van der Waals surface area (Å²) in [4.78, 5) is 11.4. The number of carbonyl (C=O) groups excluding carboxylic acids is 1. The van der Waals surface area contributed by atoms with E-state index in [2.05, 4.69) is 10.4 Å². The molecule has 6 heteroatoms. The lowest BCUT2D eigenvalue weighted by atomic mass is 10.2. The van der Waals surface area contributed by atoms with Crippen molar-refractivity contribution < 1.29 is 4.79 Å². The first kappa shape index (κ1) is 12.6. The van der Waals surface area contributed by atoms with Crippen molar-refractivity contribution in [1.82, 2.24) is 15.1 Å². The van der Waals surface area contributed by atoms with Crippen LogP contribution >= 0.6 is 11.6 Å². The van der Waals surface area contributed by atoms with Gasteiger partial charge in [-0.2, -0.15) is 5.10 Å². The highest BCUT2D eigenvalue weighted by Gasteiger charge is 2.08. The van der Waals surface area contributed by atoms with Gasteiger partial charge in [-0.1, -0.05) is 17.7 Å². The molecular formula is C12H13ClN4O. The summed E-state index contributed by atoms with van der Waals surface area (Å²) in [5.74, 6) is -0.224. The van der Waals surface area contributed by atoms with E-state index >= 15 is 0 Å². The molecule has 0 saturated heterocycles. The van der Waals surface area contributed by atoms with Gasteiger partial charge in [0.1, 0.15) is 0 Å². The number of nitrogens with one attached hydrogen (secondary N) is 1. The van der Waals surface area contributed by atoms with Gasteiger partial charge in [0, 0.05) is 24.8 Å². The lowest BCUT2D eigenvalue weighted by Crippen LogP contribution is -2.18. The second-order valence-electron chi connectivity index (χ2n) is 3.70. The van der Waals surface area contributed by atoms with Crippen LogP contribution in [-0.4, -0.2) is 22.7 Å². The van der Waals surface area contributed by atoms with E-state index in [4.69, 9.17) is 17.3 Å². The molecule has 0 fully saturated rings. The highest BCUT2D eigenvalue weighted by atomic mass is 35.5. The van der Waals surface area contributed by atoms with Crippen molar-refractivity contribution in [3.8, 4) is 5.69 Å². The number of amides is 1. The zero-order valence-corrected chi connectivity index (χ0v) is 10.6. The highest BCUT2D eigenvalue weighted by Crippen LogP contribution is 2.19. The van der Waals surface area contributed by atoms with E-state index in [9.17, 15) is 4.79 Å². The minimum Gasteiger partial charge on any atom is -0.354 e. The Labute approximate surface area is 110 Å². The topological polar surface area (TPSA) is 72.9 Å². The maximum atomic E-state index is 11.4. The van der Waals surface area contributed by atoms with Gasteiger partial charge >= 0.3 is 0 Å². The van der Waals surface area contributed by atoms with Crippen molar-refractivity contribution in [2.45, 2.75) is 6.54 Å². The Morgan fingerprint density at radius 3 is 2.89 bits per heavy atom. The Morgan fingerprint density at radius 1 is 1.50 bits per heavy atom. The van der Waals surface area contributed by atoms with Gasteiger partial charge in [-0.05, 0) is 23.8 Å². The van der Waals surface area contributed by atoms with E-state index in [0.29, 0.717) is 17.3 Å². The molecule has 3 N–H and O–H groups in total. The number of nitrogens with two attached hydrogens (primary N) is 1. The van der Waals surface area contributed by atoms with Gasteiger partial charge in [0.25, 0.3) is 5.91 Å². The van der Waals surface area contributed by atoms with Gasteiger partial charge in [0.05, 0.1) is 5.69 Å². The quantitative estimate of drug-likeness (QED) is 0.879. The third kappa shape index (κ3) is 2.37. The van der Waals surface area contributed by atoms with Crippen molar-refractivity contribution in [3.63, 3.8) is 0 Å². The van der Waals surface area contributed by atoms with E-state index in [1.54, 1.807) is 30.1 Å². The molecule has 0 spiro atoms. The molecule has 0 aliphatic heterocycles. The Bertz CT molecular complexity index is 579. The van der Waals surface area contributed by atoms with Crippen molar-refractivity contribution in [1.29, 1.82) is 0 Å². The monoisotopic (exact) mass is 264 g/mol. The standard InChI is InChI=1S/C12H13ClN4O/c1-15-12(18)11-4-5-17(16-11)9-3-2-8(7-14)10(13)6-9/h2-6H,7,14H2,1H3,(H,15,18). The minimum atomic E-state index is -0.224.